The molecular formula is C26H28N4O2. The first-order chi connectivity index (χ1) is 15.5. The molecule has 32 heavy (non-hydrogen) atoms. The summed E-state index contributed by atoms with van der Waals surface area (Å²) < 4.78 is 7.71. The Morgan fingerprint density at radius 2 is 1.78 bits per heavy atom. The van der Waals surface area contributed by atoms with Gasteiger partial charge >= 0.3 is 0 Å². The lowest BCUT2D eigenvalue weighted by Gasteiger charge is -2.15. The van der Waals surface area contributed by atoms with E-state index in [4.69, 9.17) is 4.74 Å². The van der Waals surface area contributed by atoms with Gasteiger partial charge in [-0.1, -0.05) is 60.7 Å². The molecule has 4 rings (SSSR count). The Hall–Kier alpha value is -3.67. The molecule has 2 aromatic heterocycles. The standard InChI is InChI=1S/C26H28N4O2/c1-18-24-22(21-14-8-5-9-15-21)17-23(28-25(24)30(3)29-18)32-19(2)26(31)27-16-10-13-20-11-6-4-7-12-20/h4-9,11-12,14-15,17,19H,10,13,16H2,1-3H3,(H,27,31)/t19-/m0/s1. The van der Waals surface area contributed by atoms with Crippen LogP contribution >= 0.6 is 0 Å². The predicted molar refractivity (Wildman–Crippen MR) is 127 cm³/mol. The fraction of sp³-hybridized carbons (Fsp3) is 0.269. The number of nitrogens with one attached hydrogen (secondary N) is 1. The number of benzene rings is 2. The molecule has 1 amide bonds. The third-order valence-corrected chi connectivity index (χ3v) is 5.48. The van der Waals surface area contributed by atoms with Gasteiger partial charge in [0.2, 0.25) is 5.88 Å². The van der Waals surface area contributed by atoms with E-state index in [1.165, 1.54) is 5.56 Å². The second-order valence-corrected chi connectivity index (χ2v) is 7.92. The molecule has 0 radical (unpaired) electrons. The molecular weight excluding hydrogens is 400 g/mol. The topological polar surface area (TPSA) is 69.0 Å². The zero-order valence-corrected chi connectivity index (χ0v) is 18.7. The van der Waals surface area contributed by atoms with E-state index in [2.05, 4.69) is 27.5 Å². The van der Waals surface area contributed by atoms with Crippen molar-refractivity contribution in [2.45, 2.75) is 32.8 Å². The van der Waals surface area contributed by atoms with E-state index in [0.29, 0.717) is 12.4 Å². The molecule has 164 valence electrons. The summed E-state index contributed by atoms with van der Waals surface area (Å²) in [5.41, 5.74) is 4.95. The number of fused-ring (bicyclic) bond motifs is 1. The second-order valence-electron chi connectivity index (χ2n) is 7.92. The number of hydrogen-bond donors (Lipinski definition) is 1. The molecule has 1 N–H and O–H groups in total. The minimum absolute atomic E-state index is 0.151. The zero-order chi connectivity index (χ0) is 22.5. The van der Waals surface area contributed by atoms with Crippen LogP contribution < -0.4 is 10.1 Å². The molecule has 0 unspecified atom stereocenters. The van der Waals surface area contributed by atoms with Gasteiger partial charge in [-0.05, 0) is 43.4 Å². The molecule has 2 heterocycles. The molecule has 0 bridgehead atoms. The Morgan fingerprint density at radius 3 is 2.50 bits per heavy atom. The van der Waals surface area contributed by atoms with Crippen molar-refractivity contribution in [2.75, 3.05) is 6.54 Å². The predicted octanol–water partition coefficient (Wildman–Crippen LogP) is 4.46. The number of carbonyl (C=O) groups excluding carboxylic acids is 1. The van der Waals surface area contributed by atoms with Crippen molar-refractivity contribution in [1.82, 2.24) is 20.1 Å². The van der Waals surface area contributed by atoms with Crippen LogP contribution in [0.3, 0.4) is 0 Å². The maximum atomic E-state index is 12.6. The fourth-order valence-electron chi connectivity index (χ4n) is 3.85. The summed E-state index contributed by atoms with van der Waals surface area (Å²) >= 11 is 0. The Morgan fingerprint density at radius 1 is 1.09 bits per heavy atom. The summed E-state index contributed by atoms with van der Waals surface area (Å²) in [5.74, 6) is 0.258. The summed E-state index contributed by atoms with van der Waals surface area (Å²) in [4.78, 5) is 17.2. The molecule has 2 aromatic carbocycles. The molecule has 0 saturated carbocycles. The molecule has 0 fully saturated rings. The number of carbonyl (C=O) groups is 1. The van der Waals surface area contributed by atoms with Crippen molar-refractivity contribution < 1.29 is 9.53 Å². The van der Waals surface area contributed by atoms with Gasteiger partial charge in [-0.3, -0.25) is 9.48 Å². The average Bonchev–Trinajstić information content (AvgIpc) is 3.10. The first kappa shape index (κ1) is 21.6. The Kier molecular flexibility index (Phi) is 6.50. The minimum atomic E-state index is -0.658. The van der Waals surface area contributed by atoms with Crippen molar-refractivity contribution in [2.24, 2.45) is 7.05 Å². The molecule has 0 aliphatic rings. The van der Waals surface area contributed by atoms with Crippen molar-refractivity contribution in [3.63, 3.8) is 0 Å². The zero-order valence-electron chi connectivity index (χ0n) is 18.7. The Labute approximate surface area is 188 Å². The van der Waals surface area contributed by atoms with Crippen LogP contribution in [0.2, 0.25) is 0 Å². The van der Waals surface area contributed by atoms with Gasteiger partial charge in [0.15, 0.2) is 11.8 Å². The lowest BCUT2D eigenvalue weighted by Crippen LogP contribution is -2.37. The third kappa shape index (κ3) is 4.80. The number of rotatable bonds is 8. The minimum Gasteiger partial charge on any atom is -0.464 e. The number of pyridine rings is 1. The van der Waals surface area contributed by atoms with Crippen LogP contribution in [0.15, 0.2) is 66.7 Å². The number of aromatic nitrogens is 3. The van der Waals surface area contributed by atoms with Crippen LogP contribution in [0.1, 0.15) is 24.6 Å². The number of nitrogens with zero attached hydrogens (tertiary/aromatic N) is 3. The molecule has 6 nitrogen and oxygen atoms in total. The third-order valence-electron chi connectivity index (χ3n) is 5.48. The summed E-state index contributed by atoms with van der Waals surface area (Å²) in [5, 5.41) is 8.48. The first-order valence-electron chi connectivity index (χ1n) is 10.9. The highest BCUT2D eigenvalue weighted by Gasteiger charge is 2.19. The number of ether oxygens (including phenoxy) is 1. The number of hydrogen-bond acceptors (Lipinski definition) is 4. The van der Waals surface area contributed by atoms with E-state index in [1.807, 2.05) is 68.6 Å². The van der Waals surface area contributed by atoms with Crippen LogP contribution in [0, 0.1) is 6.92 Å². The number of aryl methyl sites for hydroxylation is 3. The van der Waals surface area contributed by atoms with E-state index in [-0.39, 0.29) is 5.91 Å². The number of amides is 1. The van der Waals surface area contributed by atoms with Gasteiger partial charge in [-0.2, -0.15) is 10.1 Å². The molecule has 1 atom stereocenters. The van der Waals surface area contributed by atoms with E-state index >= 15 is 0 Å². The van der Waals surface area contributed by atoms with Crippen LogP contribution in [0.4, 0.5) is 0 Å². The van der Waals surface area contributed by atoms with Crippen molar-refractivity contribution >= 4 is 16.9 Å². The second kappa shape index (κ2) is 9.64. The molecule has 0 aliphatic heterocycles. The van der Waals surface area contributed by atoms with Crippen LogP contribution in [0.25, 0.3) is 22.2 Å². The van der Waals surface area contributed by atoms with Gasteiger partial charge in [0, 0.05) is 19.7 Å². The highest BCUT2D eigenvalue weighted by Crippen LogP contribution is 2.33. The van der Waals surface area contributed by atoms with E-state index in [0.717, 1.165) is 40.7 Å². The van der Waals surface area contributed by atoms with Gasteiger partial charge in [-0.25, -0.2) is 0 Å². The van der Waals surface area contributed by atoms with E-state index in [9.17, 15) is 4.79 Å². The van der Waals surface area contributed by atoms with Crippen LogP contribution in [-0.2, 0) is 18.3 Å². The Bertz CT molecular complexity index is 1200. The first-order valence-corrected chi connectivity index (χ1v) is 10.9. The van der Waals surface area contributed by atoms with Crippen molar-refractivity contribution in [1.29, 1.82) is 0 Å². The summed E-state index contributed by atoms with van der Waals surface area (Å²) in [7, 11) is 1.86. The fourth-order valence-corrected chi connectivity index (χ4v) is 3.85. The van der Waals surface area contributed by atoms with Gasteiger partial charge in [-0.15, -0.1) is 0 Å². The van der Waals surface area contributed by atoms with Crippen molar-refractivity contribution in [3.8, 4) is 17.0 Å². The largest absolute Gasteiger partial charge is 0.464 e. The van der Waals surface area contributed by atoms with Crippen LogP contribution in [-0.4, -0.2) is 33.3 Å². The molecule has 0 aliphatic carbocycles. The molecule has 6 heteroatoms. The van der Waals surface area contributed by atoms with Crippen LogP contribution in [0.5, 0.6) is 5.88 Å². The lowest BCUT2D eigenvalue weighted by molar-refractivity contribution is -0.127. The summed E-state index contributed by atoms with van der Waals surface area (Å²) in [6, 6.07) is 22.2. The maximum absolute atomic E-state index is 12.6. The van der Waals surface area contributed by atoms with Crippen molar-refractivity contribution in [3.05, 3.63) is 78.0 Å². The van der Waals surface area contributed by atoms with Gasteiger partial charge in [0.25, 0.3) is 5.91 Å². The monoisotopic (exact) mass is 428 g/mol. The molecule has 4 aromatic rings. The average molecular weight is 429 g/mol. The molecule has 0 saturated heterocycles. The van der Waals surface area contributed by atoms with E-state index in [1.54, 1.807) is 11.6 Å². The van der Waals surface area contributed by atoms with Gasteiger partial charge < -0.3 is 10.1 Å². The Balaban J connectivity index is 1.46. The lowest BCUT2D eigenvalue weighted by atomic mass is 10.0. The van der Waals surface area contributed by atoms with Gasteiger partial charge in [0.1, 0.15) is 0 Å². The summed E-state index contributed by atoms with van der Waals surface area (Å²) in [6.45, 7) is 4.32. The molecule has 0 spiro atoms. The smallest absolute Gasteiger partial charge is 0.260 e. The van der Waals surface area contributed by atoms with E-state index < -0.39 is 6.10 Å². The summed E-state index contributed by atoms with van der Waals surface area (Å²) in [6.07, 6.45) is 1.14. The highest BCUT2D eigenvalue weighted by molar-refractivity contribution is 5.95. The maximum Gasteiger partial charge on any atom is 0.260 e. The highest BCUT2D eigenvalue weighted by atomic mass is 16.5. The van der Waals surface area contributed by atoms with Gasteiger partial charge in [0.05, 0.1) is 11.1 Å². The normalized spacial score (nSPS) is 12.0. The quantitative estimate of drug-likeness (QED) is 0.421. The SMILES string of the molecule is Cc1nn(C)c2nc(O[C@@H](C)C(=O)NCCCc3ccccc3)cc(-c3ccccc3)c12.